The average molecular weight is 518 g/mol. The number of halogens is 3. The van der Waals surface area contributed by atoms with Crippen molar-refractivity contribution in [1.82, 2.24) is 19.5 Å². The molecule has 0 unspecified atom stereocenters. The van der Waals surface area contributed by atoms with Crippen molar-refractivity contribution < 1.29 is 37.1 Å². The summed E-state index contributed by atoms with van der Waals surface area (Å²) in [7, 11) is 0. The Kier molecular flexibility index (Phi) is 8.07. The fraction of sp³-hybridized carbons (Fsp3) is 0.360. The van der Waals surface area contributed by atoms with Crippen molar-refractivity contribution in [3.8, 4) is 22.9 Å². The number of hydrogen-bond acceptors (Lipinski definition) is 8. The van der Waals surface area contributed by atoms with E-state index in [4.69, 9.17) is 14.6 Å². The molecule has 0 radical (unpaired) electrons. The molecular formula is C25H25F3N4O5. The van der Waals surface area contributed by atoms with Crippen LogP contribution < -0.4 is 4.74 Å². The molecule has 1 aromatic carbocycles. The summed E-state index contributed by atoms with van der Waals surface area (Å²) >= 11 is 0. The van der Waals surface area contributed by atoms with E-state index in [1.165, 1.54) is 23.0 Å². The van der Waals surface area contributed by atoms with Gasteiger partial charge in [-0.2, -0.15) is 13.2 Å². The van der Waals surface area contributed by atoms with Gasteiger partial charge in [-0.25, -0.2) is 14.8 Å². The Balaban J connectivity index is 1.52. The van der Waals surface area contributed by atoms with E-state index in [0.717, 1.165) is 31.9 Å². The number of esters is 1. The van der Waals surface area contributed by atoms with Crippen LogP contribution in [0.3, 0.4) is 0 Å². The van der Waals surface area contributed by atoms with Gasteiger partial charge in [0.15, 0.2) is 5.69 Å². The predicted octanol–water partition coefficient (Wildman–Crippen LogP) is 5.47. The molecule has 3 aromatic heterocycles. The van der Waals surface area contributed by atoms with Crippen LogP contribution in [0.4, 0.5) is 13.2 Å². The van der Waals surface area contributed by atoms with Crippen LogP contribution in [0.1, 0.15) is 54.2 Å². The number of rotatable bonds is 11. The van der Waals surface area contributed by atoms with Crippen molar-refractivity contribution in [3.63, 3.8) is 0 Å². The predicted molar refractivity (Wildman–Crippen MR) is 125 cm³/mol. The zero-order chi connectivity index (χ0) is 26.4. The number of unbranched alkanes of at least 4 members (excludes halogenated alkanes) is 3. The van der Waals surface area contributed by atoms with Crippen LogP contribution in [0, 0.1) is 0 Å². The second-order valence-electron chi connectivity index (χ2n) is 8.19. The largest absolute Gasteiger partial charge is 0.462 e. The lowest BCUT2D eigenvalue weighted by Gasteiger charge is -2.12. The Morgan fingerprint density at radius 2 is 1.97 bits per heavy atom. The first kappa shape index (κ1) is 26.1. The number of imidazole rings is 1. The van der Waals surface area contributed by atoms with Crippen LogP contribution in [0.2, 0.25) is 0 Å². The second-order valence-corrected chi connectivity index (χ2v) is 8.19. The first-order valence-electron chi connectivity index (χ1n) is 11.8. The quantitative estimate of drug-likeness (QED) is 0.206. The molecule has 0 fully saturated rings. The van der Waals surface area contributed by atoms with E-state index in [-0.39, 0.29) is 29.4 Å². The fourth-order valence-corrected chi connectivity index (χ4v) is 3.84. The summed E-state index contributed by atoms with van der Waals surface area (Å²) in [5.41, 5.74) is 0.00855. The third-order valence-corrected chi connectivity index (χ3v) is 5.69. The van der Waals surface area contributed by atoms with Gasteiger partial charge in [-0.05, 0) is 49.4 Å². The van der Waals surface area contributed by atoms with Gasteiger partial charge in [-0.3, -0.25) is 4.40 Å². The number of aromatic nitrogens is 4. The molecule has 4 rings (SSSR count). The minimum Gasteiger partial charge on any atom is -0.462 e. The molecule has 0 spiro atoms. The van der Waals surface area contributed by atoms with E-state index in [1.807, 2.05) is 6.92 Å². The number of alkyl halides is 3. The molecule has 4 aromatic rings. The van der Waals surface area contributed by atoms with E-state index in [9.17, 15) is 18.0 Å². The van der Waals surface area contributed by atoms with E-state index in [0.29, 0.717) is 29.9 Å². The molecule has 0 aliphatic rings. The van der Waals surface area contributed by atoms with Gasteiger partial charge >= 0.3 is 12.1 Å². The van der Waals surface area contributed by atoms with Crippen molar-refractivity contribution in [2.24, 2.45) is 0 Å². The van der Waals surface area contributed by atoms with Crippen molar-refractivity contribution in [2.75, 3.05) is 13.2 Å². The molecule has 0 aliphatic carbocycles. The maximum absolute atomic E-state index is 13.3. The lowest BCUT2D eigenvalue weighted by molar-refractivity contribution is -0.142. The highest BCUT2D eigenvalue weighted by Crippen LogP contribution is 2.37. The molecular weight excluding hydrogens is 493 g/mol. The fourth-order valence-electron chi connectivity index (χ4n) is 3.84. The average Bonchev–Trinajstić information content (AvgIpc) is 3.53. The summed E-state index contributed by atoms with van der Waals surface area (Å²) in [5, 5.41) is 11.9. The van der Waals surface area contributed by atoms with Crippen LogP contribution in [0.15, 0.2) is 47.6 Å². The van der Waals surface area contributed by atoms with E-state index in [1.54, 1.807) is 18.2 Å². The highest BCUT2D eigenvalue weighted by molar-refractivity contribution is 5.91. The number of aliphatic hydroxyl groups is 1. The van der Waals surface area contributed by atoms with Gasteiger partial charge < -0.3 is 19.1 Å². The van der Waals surface area contributed by atoms with Gasteiger partial charge in [0.1, 0.15) is 12.0 Å². The normalized spacial score (nSPS) is 11.7. The standard InChI is InChI=1S/C25H25F3N4O5/c1-2-16-13-17(7-8-18(16)24(34)35-12-6-4-3-5-11-33)37-23-22-30-14-20(32(22)10-9-29-23)19-15-36-31-21(19)25(26,27)28/h7-10,13-15,33H,2-6,11-12H2,1H3. The highest BCUT2D eigenvalue weighted by atomic mass is 19.4. The van der Waals surface area contributed by atoms with E-state index < -0.39 is 17.8 Å². The molecule has 196 valence electrons. The van der Waals surface area contributed by atoms with Crippen LogP contribution >= 0.6 is 0 Å². The molecule has 1 N–H and O–H groups in total. The highest BCUT2D eigenvalue weighted by Gasteiger charge is 2.38. The van der Waals surface area contributed by atoms with Crippen LogP contribution in [-0.2, 0) is 17.3 Å². The molecule has 0 bridgehead atoms. The number of ether oxygens (including phenoxy) is 2. The van der Waals surface area contributed by atoms with Gasteiger partial charge in [0.25, 0.3) is 5.88 Å². The minimum atomic E-state index is -4.70. The number of carbonyl (C=O) groups is 1. The van der Waals surface area contributed by atoms with E-state index in [2.05, 4.69) is 19.6 Å². The van der Waals surface area contributed by atoms with Crippen LogP contribution in [0.5, 0.6) is 11.6 Å². The molecule has 0 saturated heterocycles. The summed E-state index contributed by atoms with van der Waals surface area (Å²) in [6, 6.07) is 4.88. The van der Waals surface area contributed by atoms with Crippen LogP contribution in [-0.4, -0.2) is 43.8 Å². The third-order valence-electron chi connectivity index (χ3n) is 5.69. The van der Waals surface area contributed by atoms with Gasteiger partial charge in [0.2, 0.25) is 5.65 Å². The number of fused-ring (bicyclic) bond motifs is 1. The first-order valence-corrected chi connectivity index (χ1v) is 11.8. The Labute approximate surface area is 209 Å². The zero-order valence-corrected chi connectivity index (χ0v) is 20.0. The van der Waals surface area contributed by atoms with Crippen molar-refractivity contribution >= 4 is 11.6 Å². The molecule has 0 atom stereocenters. The zero-order valence-electron chi connectivity index (χ0n) is 20.0. The van der Waals surface area contributed by atoms with Gasteiger partial charge in [0.05, 0.1) is 29.6 Å². The Morgan fingerprint density at radius 1 is 1.16 bits per heavy atom. The minimum absolute atomic E-state index is 0.0685. The summed E-state index contributed by atoms with van der Waals surface area (Å²) in [6.07, 6.45) is 4.03. The first-order chi connectivity index (χ1) is 17.8. The molecule has 3 heterocycles. The molecule has 0 aliphatic heterocycles. The summed E-state index contributed by atoms with van der Waals surface area (Å²) in [6.45, 7) is 2.34. The Bertz CT molecular complexity index is 1370. The topological polar surface area (TPSA) is 112 Å². The van der Waals surface area contributed by atoms with Gasteiger partial charge in [0, 0.05) is 19.0 Å². The molecule has 37 heavy (non-hydrogen) atoms. The number of aryl methyl sites for hydroxylation is 1. The number of benzene rings is 1. The maximum Gasteiger partial charge on any atom is 0.437 e. The third kappa shape index (κ3) is 5.91. The number of carbonyl (C=O) groups excluding carboxylic acids is 1. The maximum atomic E-state index is 13.3. The summed E-state index contributed by atoms with van der Waals surface area (Å²) in [4.78, 5) is 20.9. The lowest BCUT2D eigenvalue weighted by Crippen LogP contribution is -2.09. The number of hydrogen-bond donors (Lipinski definition) is 1. The molecule has 0 amide bonds. The number of aliphatic hydroxyl groups excluding tert-OH is 1. The molecule has 9 nitrogen and oxygen atoms in total. The number of nitrogens with zero attached hydrogens (tertiary/aromatic N) is 4. The Hall–Kier alpha value is -3.93. The summed E-state index contributed by atoms with van der Waals surface area (Å²) < 4.78 is 57.2. The second kappa shape index (κ2) is 11.4. The van der Waals surface area contributed by atoms with Crippen molar-refractivity contribution in [3.05, 3.63) is 59.9 Å². The lowest BCUT2D eigenvalue weighted by atomic mass is 10.0. The monoisotopic (exact) mass is 518 g/mol. The van der Waals surface area contributed by atoms with Gasteiger partial charge in [-0.1, -0.05) is 18.5 Å². The van der Waals surface area contributed by atoms with E-state index >= 15 is 0 Å². The van der Waals surface area contributed by atoms with Crippen molar-refractivity contribution in [2.45, 2.75) is 45.2 Å². The molecule has 0 saturated carbocycles. The smallest absolute Gasteiger partial charge is 0.437 e. The van der Waals surface area contributed by atoms with Gasteiger partial charge in [-0.15, -0.1) is 0 Å². The molecule has 12 heteroatoms. The van der Waals surface area contributed by atoms with Crippen LogP contribution in [0.25, 0.3) is 16.9 Å². The SMILES string of the molecule is CCc1cc(Oc2nccn3c(-c4conc4C(F)(F)F)cnc23)ccc1C(=O)OCCCCCCO. The summed E-state index contributed by atoms with van der Waals surface area (Å²) in [5.74, 6) is 0.0143. The Morgan fingerprint density at radius 3 is 2.73 bits per heavy atom. The van der Waals surface area contributed by atoms with Crippen molar-refractivity contribution in [1.29, 1.82) is 0 Å².